The molecule has 0 spiro atoms. The Morgan fingerprint density at radius 2 is 1.90 bits per heavy atom. The molecule has 112 valence electrons. The van der Waals surface area contributed by atoms with Gasteiger partial charge in [-0.25, -0.2) is 0 Å². The fraction of sp³-hybridized carbons (Fsp3) is 0.474. The fourth-order valence-corrected chi connectivity index (χ4v) is 3.87. The van der Waals surface area contributed by atoms with Gasteiger partial charge in [0, 0.05) is 9.75 Å². The van der Waals surface area contributed by atoms with Gasteiger partial charge in [-0.15, -0.1) is 11.3 Å². The zero-order valence-electron chi connectivity index (χ0n) is 13.1. The van der Waals surface area contributed by atoms with E-state index in [4.69, 9.17) is 0 Å². The molecule has 1 aliphatic rings. The Morgan fingerprint density at radius 3 is 2.48 bits per heavy atom. The van der Waals surface area contributed by atoms with E-state index in [0.29, 0.717) is 5.92 Å². The lowest BCUT2D eigenvalue weighted by Gasteiger charge is -2.26. The first-order valence-electron chi connectivity index (χ1n) is 7.83. The number of hydrogen-bond donors (Lipinski definition) is 1. The number of aliphatic hydroxyl groups excluding tert-OH is 1. The molecule has 1 unspecified atom stereocenters. The van der Waals surface area contributed by atoms with Gasteiger partial charge in [0.25, 0.3) is 0 Å². The van der Waals surface area contributed by atoms with Crippen LogP contribution in [0.25, 0.3) is 0 Å². The third kappa shape index (κ3) is 3.07. The molecular formula is C19H24OS. The Balaban J connectivity index is 1.84. The van der Waals surface area contributed by atoms with E-state index in [1.165, 1.54) is 29.7 Å². The molecule has 1 fully saturated rings. The molecule has 1 N–H and O–H groups in total. The van der Waals surface area contributed by atoms with Crippen LogP contribution in [0.5, 0.6) is 0 Å². The fourth-order valence-electron chi connectivity index (χ4n) is 2.79. The van der Waals surface area contributed by atoms with Crippen LogP contribution in [0, 0.1) is 0 Å². The second kappa shape index (κ2) is 5.58. The summed E-state index contributed by atoms with van der Waals surface area (Å²) < 4.78 is 0. The van der Waals surface area contributed by atoms with Gasteiger partial charge in [0.1, 0.15) is 6.10 Å². The van der Waals surface area contributed by atoms with Crippen LogP contribution in [0.1, 0.15) is 72.9 Å². The van der Waals surface area contributed by atoms with Crippen LogP contribution in [-0.2, 0) is 5.41 Å². The minimum absolute atomic E-state index is 0.149. The molecule has 0 amide bonds. The largest absolute Gasteiger partial charge is 0.383 e. The number of thiophene rings is 1. The van der Waals surface area contributed by atoms with Gasteiger partial charge in [0.2, 0.25) is 0 Å². The maximum Gasteiger partial charge on any atom is 0.113 e. The zero-order valence-corrected chi connectivity index (χ0v) is 13.9. The van der Waals surface area contributed by atoms with Crippen LogP contribution >= 0.6 is 11.3 Å². The Bertz CT molecular complexity index is 616. The van der Waals surface area contributed by atoms with Crippen molar-refractivity contribution in [1.29, 1.82) is 0 Å². The van der Waals surface area contributed by atoms with E-state index in [2.05, 4.69) is 51.1 Å². The summed E-state index contributed by atoms with van der Waals surface area (Å²) in [6.45, 7) is 6.64. The van der Waals surface area contributed by atoms with Gasteiger partial charge in [0.15, 0.2) is 0 Å². The number of benzene rings is 1. The molecule has 1 saturated carbocycles. The van der Waals surface area contributed by atoms with E-state index in [9.17, 15) is 5.11 Å². The van der Waals surface area contributed by atoms with Crippen LogP contribution in [0.4, 0.5) is 0 Å². The summed E-state index contributed by atoms with van der Waals surface area (Å²) in [5.74, 6) is 0.714. The minimum atomic E-state index is -0.494. The van der Waals surface area contributed by atoms with Crippen molar-refractivity contribution in [3.05, 3.63) is 57.3 Å². The summed E-state index contributed by atoms with van der Waals surface area (Å²) in [5, 5.41) is 10.7. The smallest absolute Gasteiger partial charge is 0.113 e. The molecule has 1 nitrogen and oxygen atoms in total. The molecule has 2 heteroatoms. The molecule has 21 heavy (non-hydrogen) atoms. The molecule has 1 aromatic carbocycles. The SMILES string of the molecule is CC(C)(C)c1ccc(C(O)c2cccc(C3CCC3)c2)s1. The number of aliphatic hydroxyl groups is 1. The van der Waals surface area contributed by atoms with Crippen LogP contribution in [-0.4, -0.2) is 5.11 Å². The van der Waals surface area contributed by atoms with Gasteiger partial charge in [-0.2, -0.15) is 0 Å². The van der Waals surface area contributed by atoms with E-state index >= 15 is 0 Å². The van der Waals surface area contributed by atoms with Gasteiger partial charge in [0.05, 0.1) is 0 Å². The summed E-state index contributed by atoms with van der Waals surface area (Å²) in [6, 6.07) is 12.8. The van der Waals surface area contributed by atoms with Crippen molar-refractivity contribution in [2.24, 2.45) is 0 Å². The van der Waals surface area contributed by atoms with Gasteiger partial charge in [-0.3, -0.25) is 0 Å². The number of rotatable bonds is 3. The molecule has 2 aromatic rings. The summed E-state index contributed by atoms with van der Waals surface area (Å²) in [4.78, 5) is 2.37. The van der Waals surface area contributed by atoms with Gasteiger partial charge in [-0.1, -0.05) is 51.5 Å². The summed E-state index contributed by atoms with van der Waals surface area (Å²) >= 11 is 1.73. The maximum absolute atomic E-state index is 10.7. The highest BCUT2D eigenvalue weighted by molar-refractivity contribution is 7.12. The second-order valence-electron chi connectivity index (χ2n) is 7.15. The van der Waals surface area contributed by atoms with Gasteiger partial charge < -0.3 is 5.11 Å². The third-order valence-electron chi connectivity index (χ3n) is 4.44. The molecule has 1 heterocycles. The van der Waals surface area contributed by atoms with Crippen molar-refractivity contribution >= 4 is 11.3 Å². The predicted octanol–water partition coefficient (Wildman–Crippen LogP) is 5.39. The first-order valence-corrected chi connectivity index (χ1v) is 8.65. The van der Waals surface area contributed by atoms with Gasteiger partial charge in [-0.05, 0) is 47.4 Å². The Hall–Kier alpha value is -1.12. The van der Waals surface area contributed by atoms with Crippen molar-refractivity contribution < 1.29 is 5.11 Å². The summed E-state index contributed by atoms with van der Waals surface area (Å²) in [7, 11) is 0. The Labute approximate surface area is 131 Å². The van der Waals surface area contributed by atoms with Crippen molar-refractivity contribution in [3.63, 3.8) is 0 Å². The molecule has 0 aliphatic heterocycles. The lowest BCUT2D eigenvalue weighted by atomic mass is 9.79. The van der Waals surface area contributed by atoms with Crippen molar-refractivity contribution in [2.75, 3.05) is 0 Å². The molecule has 1 atom stereocenters. The molecule has 3 rings (SSSR count). The van der Waals surface area contributed by atoms with E-state index < -0.39 is 6.10 Å². The Kier molecular flexibility index (Phi) is 3.94. The van der Waals surface area contributed by atoms with Crippen LogP contribution in [0.15, 0.2) is 36.4 Å². The quantitative estimate of drug-likeness (QED) is 0.805. The zero-order chi connectivity index (χ0) is 15.0. The second-order valence-corrected chi connectivity index (χ2v) is 8.27. The highest BCUT2D eigenvalue weighted by atomic mass is 32.1. The first-order chi connectivity index (χ1) is 9.95. The molecule has 1 aliphatic carbocycles. The average Bonchev–Trinajstić information content (AvgIpc) is 2.85. The van der Waals surface area contributed by atoms with Crippen molar-refractivity contribution in [3.8, 4) is 0 Å². The maximum atomic E-state index is 10.7. The third-order valence-corrected chi connectivity index (χ3v) is 6.00. The molecule has 1 aromatic heterocycles. The first kappa shape index (κ1) is 14.8. The minimum Gasteiger partial charge on any atom is -0.383 e. The van der Waals surface area contributed by atoms with Crippen LogP contribution in [0.2, 0.25) is 0 Å². The summed E-state index contributed by atoms with van der Waals surface area (Å²) in [6.07, 6.45) is 3.45. The van der Waals surface area contributed by atoms with Gasteiger partial charge >= 0.3 is 0 Å². The molecule has 0 saturated heterocycles. The summed E-state index contributed by atoms with van der Waals surface area (Å²) in [5.41, 5.74) is 2.57. The molecule has 0 radical (unpaired) electrons. The van der Waals surface area contributed by atoms with E-state index in [1.807, 2.05) is 6.07 Å². The van der Waals surface area contributed by atoms with Crippen LogP contribution < -0.4 is 0 Å². The average molecular weight is 300 g/mol. The molecule has 0 bridgehead atoms. The Morgan fingerprint density at radius 1 is 1.14 bits per heavy atom. The van der Waals surface area contributed by atoms with E-state index in [-0.39, 0.29) is 5.41 Å². The monoisotopic (exact) mass is 300 g/mol. The molecular weight excluding hydrogens is 276 g/mol. The highest BCUT2D eigenvalue weighted by Crippen LogP contribution is 2.39. The van der Waals surface area contributed by atoms with E-state index in [1.54, 1.807) is 11.3 Å². The van der Waals surface area contributed by atoms with Crippen LogP contribution in [0.3, 0.4) is 0 Å². The normalized spacial score (nSPS) is 17.5. The number of hydrogen-bond acceptors (Lipinski definition) is 2. The lowest BCUT2D eigenvalue weighted by Crippen LogP contribution is -2.09. The van der Waals surface area contributed by atoms with Crippen molar-refractivity contribution in [2.45, 2.75) is 57.5 Å². The van der Waals surface area contributed by atoms with Crippen molar-refractivity contribution in [1.82, 2.24) is 0 Å². The topological polar surface area (TPSA) is 20.2 Å². The highest BCUT2D eigenvalue weighted by Gasteiger charge is 2.22. The predicted molar refractivity (Wildman–Crippen MR) is 90.1 cm³/mol. The lowest BCUT2D eigenvalue weighted by molar-refractivity contribution is 0.224. The standard InChI is InChI=1S/C19H24OS/c1-19(2,3)17-11-10-16(21-17)18(20)15-9-5-8-14(12-15)13-6-4-7-13/h5,8-13,18,20H,4,6-7H2,1-3H3. The van der Waals surface area contributed by atoms with E-state index in [0.717, 1.165) is 10.4 Å².